The molecule has 1 fully saturated rings. The lowest BCUT2D eigenvalue weighted by atomic mass is 10.1. The second-order valence-electron chi connectivity index (χ2n) is 6.13. The molecule has 1 aromatic heterocycles. The van der Waals surface area contributed by atoms with Gasteiger partial charge >= 0.3 is 0 Å². The highest BCUT2D eigenvalue weighted by Gasteiger charge is 2.35. The maximum absolute atomic E-state index is 12.5. The summed E-state index contributed by atoms with van der Waals surface area (Å²) in [7, 11) is 0. The minimum atomic E-state index is -0.391. The minimum Gasteiger partial charge on any atom is -0.381 e. The second kappa shape index (κ2) is 8.37. The number of nitrogens with zero attached hydrogens (tertiary/aromatic N) is 3. The van der Waals surface area contributed by atoms with Crippen LogP contribution in [0, 0.1) is 12.8 Å². The number of anilines is 2. The first-order valence-corrected chi connectivity index (χ1v) is 9.47. The number of para-hydroxylation sites is 1. The third-order valence-corrected chi connectivity index (χ3v) is 5.16. The van der Waals surface area contributed by atoms with E-state index in [4.69, 9.17) is 4.74 Å². The molecule has 0 unspecified atom stereocenters. The number of hydrogen-bond acceptors (Lipinski definition) is 6. The molecule has 2 aromatic rings. The van der Waals surface area contributed by atoms with E-state index >= 15 is 0 Å². The number of amides is 2. The van der Waals surface area contributed by atoms with Crippen molar-refractivity contribution in [2.75, 3.05) is 30.0 Å². The first kappa shape index (κ1) is 18.5. The molecule has 0 spiro atoms. The third-order valence-electron chi connectivity index (χ3n) is 4.26. The molecule has 2 heterocycles. The van der Waals surface area contributed by atoms with Gasteiger partial charge in [-0.3, -0.25) is 9.59 Å². The maximum atomic E-state index is 12.5. The first-order valence-electron chi connectivity index (χ1n) is 8.65. The Morgan fingerprint density at radius 1 is 1.38 bits per heavy atom. The Kier molecular flexibility index (Phi) is 5.95. The molecule has 26 heavy (non-hydrogen) atoms. The van der Waals surface area contributed by atoms with Crippen molar-refractivity contribution in [3.63, 3.8) is 0 Å². The minimum absolute atomic E-state index is 0.0332. The molecule has 3 rings (SSSR count). The van der Waals surface area contributed by atoms with Crippen molar-refractivity contribution in [1.82, 2.24) is 10.2 Å². The van der Waals surface area contributed by atoms with E-state index in [2.05, 4.69) is 15.5 Å². The van der Waals surface area contributed by atoms with E-state index in [1.54, 1.807) is 4.90 Å². The summed E-state index contributed by atoms with van der Waals surface area (Å²) in [6, 6.07) is 7.69. The Bertz CT molecular complexity index is 792. The molecule has 1 aliphatic heterocycles. The Labute approximate surface area is 156 Å². The molecule has 1 aliphatic rings. The number of carbonyl (C=O) groups is 2. The number of carbonyl (C=O) groups excluding carboxylic acids is 2. The second-order valence-corrected chi connectivity index (χ2v) is 7.19. The molecule has 1 N–H and O–H groups in total. The van der Waals surface area contributed by atoms with Crippen molar-refractivity contribution in [1.29, 1.82) is 0 Å². The van der Waals surface area contributed by atoms with Gasteiger partial charge in [-0.1, -0.05) is 29.5 Å². The molecule has 0 radical (unpaired) electrons. The molecule has 1 saturated heterocycles. The molecule has 2 amide bonds. The van der Waals surface area contributed by atoms with Crippen LogP contribution in [0.25, 0.3) is 0 Å². The normalized spacial score (nSPS) is 16.9. The van der Waals surface area contributed by atoms with Gasteiger partial charge < -0.3 is 15.0 Å². The van der Waals surface area contributed by atoms with Crippen molar-refractivity contribution in [2.24, 2.45) is 5.92 Å². The molecular weight excluding hydrogens is 352 g/mol. The lowest BCUT2D eigenvalue weighted by Gasteiger charge is -2.18. The van der Waals surface area contributed by atoms with Crippen LogP contribution in [0.3, 0.4) is 0 Å². The number of rotatable bonds is 7. The van der Waals surface area contributed by atoms with Gasteiger partial charge in [-0.15, -0.1) is 10.2 Å². The fourth-order valence-electron chi connectivity index (χ4n) is 2.90. The van der Waals surface area contributed by atoms with Gasteiger partial charge in [0.15, 0.2) is 0 Å². The number of aromatic nitrogens is 2. The number of hydrogen-bond donors (Lipinski definition) is 1. The molecule has 8 heteroatoms. The SMILES string of the molecule is CCOCCc1nnc(NC(=O)[C@@H]2CC(=O)N(c3ccccc3C)C2)s1. The van der Waals surface area contributed by atoms with Crippen LogP contribution in [0.5, 0.6) is 0 Å². The number of benzene rings is 1. The Balaban J connectivity index is 1.59. The monoisotopic (exact) mass is 374 g/mol. The predicted molar refractivity (Wildman–Crippen MR) is 100 cm³/mol. The molecule has 7 nitrogen and oxygen atoms in total. The van der Waals surface area contributed by atoms with Crippen molar-refractivity contribution in [3.8, 4) is 0 Å². The van der Waals surface area contributed by atoms with Gasteiger partial charge in [-0.05, 0) is 25.5 Å². The zero-order valence-electron chi connectivity index (χ0n) is 14.9. The van der Waals surface area contributed by atoms with Crippen LogP contribution in [0.15, 0.2) is 24.3 Å². The summed E-state index contributed by atoms with van der Waals surface area (Å²) in [6.45, 7) is 5.53. The average Bonchev–Trinajstić information content (AvgIpc) is 3.22. The standard InChI is InChI=1S/C18H22N4O3S/c1-3-25-9-8-15-20-21-18(26-15)19-17(24)13-10-16(23)22(11-13)14-7-5-4-6-12(14)2/h4-7,13H,3,8-11H2,1-2H3,(H,19,21,24)/t13-/m1/s1. The number of aryl methyl sites for hydroxylation is 1. The summed E-state index contributed by atoms with van der Waals surface area (Å²) >= 11 is 1.34. The molecule has 0 bridgehead atoms. The van der Waals surface area contributed by atoms with Crippen molar-refractivity contribution in [3.05, 3.63) is 34.8 Å². The molecule has 0 saturated carbocycles. The quantitative estimate of drug-likeness (QED) is 0.753. The molecular formula is C18H22N4O3S. The van der Waals surface area contributed by atoms with Crippen molar-refractivity contribution < 1.29 is 14.3 Å². The van der Waals surface area contributed by atoms with Crippen LogP contribution < -0.4 is 10.2 Å². The highest BCUT2D eigenvalue weighted by atomic mass is 32.1. The number of ether oxygens (including phenoxy) is 1. The van der Waals surface area contributed by atoms with Crippen LogP contribution >= 0.6 is 11.3 Å². The van der Waals surface area contributed by atoms with Gasteiger partial charge in [0.05, 0.1) is 12.5 Å². The van der Waals surface area contributed by atoms with E-state index in [0.717, 1.165) is 16.3 Å². The third kappa shape index (κ3) is 4.25. The van der Waals surface area contributed by atoms with Crippen LogP contribution in [-0.4, -0.2) is 41.8 Å². The maximum Gasteiger partial charge on any atom is 0.231 e. The number of nitrogens with one attached hydrogen (secondary N) is 1. The summed E-state index contributed by atoms with van der Waals surface area (Å²) in [4.78, 5) is 26.6. The van der Waals surface area contributed by atoms with E-state index in [-0.39, 0.29) is 18.2 Å². The van der Waals surface area contributed by atoms with E-state index in [9.17, 15) is 9.59 Å². The van der Waals surface area contributed by atoms with E-state index in [1.165, 1.54) is 11.3 Å². The van der Waals surface area contributed by atoms with Crippen molar-refractivity contribution in [2.45, 2.75) is 26.7 Å². The fourth-order valence-corrected chi connectivity index (χ4v) is 3.62. The zero-order chi connectivity index (χ0) is 18.5. The van der Waals surface area contributed by atoms with Crippen LogP contribution in [0.2, 0.25) is 0 Å². The van der Waals surface area contributed by atoms with Gasteiger partial charge in [0, 0.05) is 31.7 Å². The van der Waals surface area contributed by atoms with Crippen LogP contribution in [-0.2, 0) is 20.7 Å². The van der Waals surface area contributed by atoms with E-state index in [1.807, 2.05) is 38.1 Å². The Hall–Kier alpha value is -2.32. The highest BCUT2D eigenvalue weighted by Crippen LogP contribution is 2.28. The largest absolute Gasteiger partial charge is 0.381 e. The van der Waals surface area contributed by atoms with Gasteiger partial charge in [-0.2, -0.15) is 0 Å². The molecule has 138 valence electrons. The van der Waals surface area contributed by atoms with Gasteiger partial charge in [0.1, 0.15) is 5.01 Å². The summed E-state index contributed by atoms with van der Waals surface area (Å²) in [6.07, 6.45) is 0.876. The predicted octanol–water partition coefficient (Wildman–Crippen LogP) is 2.42. The van der Waals surface area contributed by atoms with Gasteiger partial charge in [0.25, 0.3) is 0 Å². The lowest BCUT2D eigenvalue weighted by Crippen LogP contribution is -2.28. The average molecular weight is 374 g/mol. The van der Waals surface area contributed by atoms with Gasteiger partial charge in [-0.25, -0.2) is 0 Å². The van der Waals surface area contributed by atoms with Crippen LogP contribution in [0.1, 0.15) is 23.9 Å². The van der Waals surface area contributed by atoms with E-state index < -0.39 is 5.92 Å². The molecule has 0 aliphatic carbocycles. The molecule has 1 atom stereocenters. The first-order chi connectivity index (χ1) is 12.6. The smallest absolute Gasteiger partial charge is 0.231 e. The Morgan fingerprint density at radius 3 is 2.96 bits per heavy atom. The fraction of sp³-hybridized carbons (Fsp3) is 0.444. The van der Waals surface area contributed by atoms with E-state index in [0.29, 0.717) is 31.3 Å². The van der Waals surface area contributed by atoms with Crippen LogP contribution in [0.4, 0.5) is 10.8 Å². The summed E-state index contributed by atoms with van der Waals surface area (Å²) in [5, 5.41) is 12.1. The summed E-state index contributed by atoms with van der Waals surface area (Å²) in [5.74, 6) is -0.617. The summed E-state index contributed by atoms with van der Waals surface area (Å²) in [5.41, 5.74) is 1.88. The zero-order valence-corrected chi connectivity index (χ0v) is 15.7. The van der Waals surface area contributed by atoms with Gasteiger partial charge in [0.2, 0.25) is 16.9 Å². The molecule has 1 aromatic carbocycles. The van der Waals surface area contributed by atoms with Crippen molar-refractivity contribution >= 4 is 34.0 Å². The highest BCUT2D eigenvalue weighted by molar-refractivity contribution is 7.15. The summed E-state index contributed by atoms with van der Waals surface area (Å²) < 4.78 is 5.29. The topological polar surface area (TPSA) is 84.4 Å². The Morgan fingerprint density at radius 2 is 2.19 bits per heavy atom. The lowest BCUT2D eigenvalue weighted by molar-refractivity contribution is -0.122.